The molecule has 0 saturated carbocycles. The van der Waals surface area contributed by atoms with Crippen LogP contribution in [0.1, 0.15) is 18.4 Å². The molecule has 6 aromatic rings. The fraction of sp³-hybridized carbons (Fsp3) is 0.0857. The molecule has 1 aliphatic rings. The normalized spacial score (nSPS) is 17.3. The van der Waals surface area contributed by atoms with Crippen molar-refractivity contribution >= 4 is 55.4 Å². The third-order valence-electron chi connectivity index (χ3n) is 7.40. The predicted octanol–water partition coefficient (Wildman–Crippen LogP) is 10.9. The number of hydrogen-bond donors (Lipinski definition) is 0. The zero-order valence-electron chi connectivity index (χ0n) is 20.6. The summed E-state index contributed by atoms with van der Waals surface area (Å²) in [6, 6.07) is 36.0. The average Bonchev–Trinajstić information content (AvgIpc) is 3.47. The van der Waals surface area contributed by atoms with Gasteiger partial charge in [-0.2, -0.15) is 0 Å². The molecule has 0 saturated heterocycles. The number of rotatable bonds is 2. The summed E-state index contributed by atoms with van der Waals surface area (Å²) in [5.74, 6) is 1.37. The molecule has 0 aliphatic carbocycles. The second-order valence-electron chi connectivity index (χ2n) is 9.65. The molecule has 0 N–H and O–H groups in total. The van der Waals surface area contributed by atoms with Gasteiger partial charge in [0.2, 0.25) is 0 Å². The quantitative estimate of drug-likeness (QED) is 0.209. The first-order valence-electron chi connectivity index (χ1n) is 12.8. The van der Waals surface area contributed by atoms with Crippen molar-refractivity contribution in [1.29, 1.82) is 0 Å². The summed E-state index contributed by atoms with van der Waals surface area (Å²) in [6.45, 7) is 2.31. The van der Waals surface area contributed by atoms with Gasteiger partial charge in [-0.3, -0.25) is 0 Å². The maximum Gasteiger partial charge on any atom is 0.0352 e. The minimum Gasteiger partial charge on any atom is -0.135 e. The number of allylic oxidation sites excluding steroid dienone is 3. The van der Waals surface area contributed by atoms with Crippen LogP contribution >= 0.6 is 23.1 Å². The van der Waals surface area contributed by atoms with Crippen LogP contribution in [0.3, 0.4) is 0 Å². The van der Waals surface area contributed by atoms with E-state index in [4.69, 9.17) is 0 Å². The van der Waals surface area contributed by atoms with E-state index in [1.54, 1.807) is 0 Å². The van der Waals surface area contributed by atoms with Crippen molar-refractivity contribution < 1.29 is 0 Å². The standard InChI is InChI=1S/C35H26S2/c1-23-10-3-2-8-21-36-34-16-9-15-30(35(23)34)33-20-19-32(37-33)24-17-18-29-27-13-5-4-11-25(27)26-12-6-7-14-28(26)31(29)22-24/h2-20,22-23H,21H2,1H3/b8-2-,10-3-. The molecular weight excluding hydrogens is 485 g/mol. The Morgan fingerprint density at radius 2 is 1.30 bits per heavy atom. The second kappa shape index (κ2) is 9.37. The van der Waals surface area contributed by atoms with Crippen molar-refractivity contribution in [3.8, 4) is 20.9 Å². The Morgan fingerprint density at radius 1 is 0.622 bits per heavy atom. The lowest BCUT2D eigenvalue weighted by Crippen LogP contribution is -1.96. The summed E-state index contributed by atoms with van der Waals surface area (Å²) >= 11 is 3.83. The van der Waals surface area contributed by atoms with Crippen molar-refractivity contribution in [3.63, 3.8) is 0 Å². The van der Waals surface area contributed by atoms with E-state index in [0.717, 1.165) is 5.75 Å². The Balaban J connectivity index is 1.37. The molecule has 7 rings (SSSR count). The number of fused-ring (bicyclic) bond motifs is 7. The first-order chi connectivity index (χ1) is 18.3. The molecule has 2 heteroatoms. The average molecular weight is 511 g/mol. The lowest BCUT2D eigenvalue weighted by molar-refractivity contribution is 0.938. The fourth-order valence-electron chi connectivity index (χ4n) is 5.65. The van der Waals surface area contributed by atoms with Crippen molar-refractivity contribution in [2.24, 2.45) is 0 Å². The first kappa shape index (κ1) is 22.6. The third kappa shape index (κ3) is 3.92. The molecule has 37 heavy (non-hydrogen) atoms. The molecule has 5 aromatic carbocycles. The zero-order chi connectivity index (χ0) is 24.8. The Bertz CT molecular complexity index is 1820. The molecule has 0 amide bonds. The summed E-state index contributed by atoms with van der Waals surface area (Å²) in [6.07, 6.45) is 8.93. The van der Waals surface area contributed by atoms with E-state index in [9.17, 15) is 0 Å². The topological polar surface area (TPSA) is 0 Å². The molecule has 0 spiro atoms. The van der Waals surface area contributed by atoms with E-state index in [2.05, 4.69) is 128 Å². The van der Waals surface area contributed by atoms with Crippen LogP contribution in [0.5, 0.6) is 0 Å². The van der Waals surface area contributed by atoms with E-state index in [1.165, 1.54) is 63.7 Å². The van der Waals surface area contributed by atoms with Crippen LogP contribution < -0.4 is 0 Å². The Morgan fingerprint density at radius 3 is 2.05 bits per heavy atom. The van der Waals surface area contributed by atoms with E-state index in [-0.39, 0.29) is 0 Å². The molecule has 2 heterocycles. The van der Waals surface area contributed by atoms with Crippen molar-refractivity contribution in [2.45, 2.75) is 17.7 Å². The Kier molecular flexibility index (Phi) is 5.72. The molecule has 1 aliphatic heterocycles. The maximum atomic E-state index is 2.40. The summed E-state index contributed by atoms with van der Waals surface area (Å²) < 4.78 is 0. The van der Waals surface area contributed by atoms with Gasteiger partial charge in [0.05, 0.1) is 0 Å². The summed E-state index contributed by atoms with van der Waals surface area (Å²) in [7, 11) is 0. The van der Waals surface area contributed by atoms with Crippen LogP contribution in [0.4, 0.5) is 0 Å². The van der Waals surface area contributed by atoms with E-state index < -0.39 is 0 Å². The van der Waals surface area contributed by atoms with Gasteiger partial charge in [0.1, 0.15) is 0 Å². The van der Waals surface area contributed by atoms with Crippen molar-refractivity contribution in [1.82, 2.24) is 0 Å². The monoisotopic (exact) mass is 510 g/mol. The number of thioether (sulfide) groups is 1. The summed E-state index contributed by atoms with van der Waals surface area (Å²) in [5.41, 5.74) is 4.08. The van der Waals surface area contributed by atoms with Gasteiger partial charge in [-0.05, 0) is 73.3 Å². The zero-order valence-corrected chi connectivity index (χ0v) is 22.3. The van der Waals surface area contributed by atoms with Gasteiger partial charge in [0.25, 0.3) is 0 Å². The maximum absolute atomic E-state index is 2.40. The molecule has 1 aromatic heterocycles. The van der Waals surface area contributed by atoms with Gasteiger partial charge < -0.3 is 0 Å². The van der Waals surface area contributed by atoms with Crippen LogP contribution in [-0.4, -0.2) is 5.75 Å². The first-order valence-corrected chi connectivity index (χ1v) is 14.6. The predicted molar refractivity (Wildman–Crippen MR) is 165 cm³/mol. The van der Waals surface area contributed by atoms with Crippen molar-refractivity contribution in [3.05, 3.63) is 127 Å². The van der Waals surface area contributed by atoms with E-state index >= 15 is 0 Å². The van der Waals surface area contributed by atoms with Gasteiger partial charge in [0.15, 0.2) is 0 Å². The third-order valence-corrected chi connectivity index (χ3v) is 9.60. The SMILES string of the molecule is CC1/C=C\C=C/CSc2cccc(-c3ccc(-c4ccc5c6ccccc6c6ccccc6c5c4)s3)c21. The smallest absolute Gasteiger partial charge is 0.0352 e. The fourth-order valence-corrected chi connectivity index (χ4v) is 7.71. The van der Waals surface area contributed by atoms with E-state index in [0.29, 0.717) is 5.92 Å². The molecule has 0 bridgehead atoms. The largest absolute Gasteiger partial charge is 0.135 e. The molecule has 0 fully saturated rings. The highest BCUT2D eigenvalue weighted by Gasteiger charge is 2.17. The number of benzene rings is 5. The summed E-state index contributed by atoms with van der Waals surface area (Å²) in [4.78, 5) is 4.04. The molecule has 178 valence electrons. The highest BCUT2D eigenvalue weighted by atomic mass is 32.2. The van der Waals surface area contributed by atoms with Crippen LogP contribution in [0.2, 0.25) is 0 Å². The molecule has 0 nitrogen and oxygen atoms in total. The minimum absolute atomic E-state index is 0.368. The van der Waals surface area contributed by atoms with Crippen LogP contribution in [0, 0.1) is 0 Å². The van der Waals surface area contributed by atoms with Gasteiger partial charge in [-0.25, -0.2) is 0 Å². The van der Waals surface area contributed by atoms with Crippen LogP contribution in [-0.2, 0) is 0 Å². The summed E-state index contributed by atoms with van der Waals surface area (Å²) in [5, 5.41) is 7.93. The van der Waals surface area contributed by atoms with Crippen molar-refractivity contribution in [2.75, 3.05) is 5.75 Å². The minimum atomic E-state index is 0.368. The van der Waals surface area contributed by atoms with Gasteiger partial charge >= 0.3 is 0 Å². The second-order valence-corrected chi connectivity index (χ2v) is 11.8. The molecule has 1 atom stereocenters. The van der Waals surface area contributed by atoms with Gasteiger partial charge in [-0.15, -0.1) is 23.1 Å². The highest BCUT2D eigenvalue weighted by Crippen LogP contribution is 2.43. The highest BCUT2D eigenvalue weighted by molar-refractivity contribution is 7.99. The molecule has 1 unspecified atom stereocenters. The van der Waals surface area contributed by atoms with Crippen LogP contribution in [0.15, 0.2) is 126 Å². The lowest BCUT2D eigenvalue weighted by Gasteiger charge is -2.17. The Hall–Kier alpha value is -3.59. The number of hydrogen-bond acceptors (Lipinski definition) is 2. The Labute approximate surface area is 226 Å². The molecule has 0 radical (unpaired) electrons. The molecular formula is C35H26S2. The van der Waals surface area contributed by atoms with Gasteiger partial charge in [-0.1, -0.05) is 104 Å². The van der Waals surface area contributed by atoms with Gasteiger partial charge in [0, 0.05) is 26.3 Å². The van der Waals surface area contributed by atoms with E-state index in [1.807, 2.05) is 23.1 Å². The van der Waals surface area contributed by atoms with Crippen LogP contribution in [0.25, 0.3) is 53.2 Å². The lowest BCUT2D eigenvalue weighted by atomic mass is 9.93. The number of thiophene rings is 1.